The molecule has 1 heterocycles. The summed E-state index contributed by atoms with van der Waals surface area (Å²) in [6, 6.07) is 8.03. The van der Waals surface area contributed by atoms with E-state index < -0.39 is 0 Å². The number of amides is 1. The van der Waals surface area contributed by atoms with E-state index in [4.69, 9.17) is 16.3 Å². The molecule has 3 unspecified atom stereocenters. The van der Waals surface area contributed by atoms with Crippen molar-refractivity contribution in [2.24, 2.45) is 5.92 Å². The number of hydrogen-bond acceptors (Lipinski definition) is 3. The van der Waals surface area contributed by atoms with Crippen LogP contribution in [-0.4, -0.2) is 31.6 Å². The van der Waals surface area contributed by atoms with Crippen LogP contribution in [0.25, 0.3) is 0 Å². The zero-order chi connectivity index (χ0) is 15.5. The molecule has 1 aromatic rings. The third-order valence-electron chi connectivity index (χ3n) is 4.68. The van der Waals surface area contributed by atoms with E-state index in [1.54, 1.807) is 7.11 Å². The molecule has 1 saturated carbocycles. The Hall–Kier alpha value is -1.10. The Bertz CT molecular complexity index is 516. The van der Waals surface area contributed by atoms with Crippen LogP contribution in [0, 0.1) is 5.92 Å². The van der Waals surface area contributed by atoms with Crippen LogP contribution in [0.5, 0.6) is 0 Å². The lowest BCUT2D eigenvalue weighted by Crippen LogP contribution is -2.44. The smallest absolute Gasteiger partial charge is 0.237 e. The third kappa shape index (κ3) is 3.80. The second-order valence-corrected chi connectivity index (χ2v) is 6.70. The molecule has 1 aliphatic carbocycles. The highest BCUT2D eigenvalue weighted by molar-refractivity contribution is 6.30. The molecule has 5 heteroatoms. The van der Waals surface area contributed by atoms with Gasteiger partial charge in [-0.1, -0.05) is 23.7 Å². The maximum absolute atomic E-state index is 12.3. The predicted molar refractivity (Wildman–Crippen MR) is 86.9 cm³/mol. The molecule has 120 valence electrons. The van der Waals surface area contributed by atoms with E-state index >= 15 is 0 Å². The highest BCUT2D eigenvalue weighted by Gasteiger charge is 2.38. The highest BCUT2D eigenvalue weighted by atomic mass is 35.5. The summed E-state index contributed by atoms with van der Waals surface area (Å²) in [6.45, 7) is 0.475. The summed E-state index contributed by atoms with van der Waals surface area (Å²) < 4.78 is 5.48. The number of ether oxygens (including phenoxy) is 1. The van der Waals surface area contributed by atoms with Crippen molar-refractivity contribution in [1.82, 2.24) is 10.6 Å². The minimum Gasteiger partial charge on any atom is -0.375 e. The van der Waals surface area contributed by atoms with E-state index in [2.05, 4.69) is 10.6 Å². The lowest BCUT2D eigenvalue weighted by Gasteiger charge is -2.19. The van der Waals surface area contributed by atoms with Crippen LogP contribution in [0.2, 0.25) is 5.02 Å². The Labute approximate surface area is 136 Å². The van der Waals surface area contributed by atoms with E-state index in [0.717, 1.165) is 24.3 Å². The Morgan fingerprint density at radius 1 is 1.32 bits per heavy atom. The second kappa shape index (κ2) is 6.99. The van der Waals surface area contributed by atoms with Gasteiger partial charge < -0.3 is 15.4 Å². The Kier molecular flexibility index (Phi) is 5.01. The zero-order valence-corrected chi connectivity index (χ0v) is 13.6. The van der Waals surface area contributed by atoms with Gasteiger partial charge in [0.1, 0.15) is 0 Å². The fraction of sp³-hybridized carbons (Fsp3) is 0.588. The number of benzene rings is 1. The summed E-state index contributed by atoms with van der Waals surface area (Å²) in [5.41, 5.74) is 1.02. The van der Waals surface area contributed by atoms with Gasteiger partial charge in [0, 0.05) is 24.7 Å². The van der Waals surface area contributed by atoms with Gasteiger partial charge in [-0.3, -0.25) is 4.79 Å². The highest BCUT2D eigenvalue weighted by Crippen LogP contribution is 2.37. The maximum Gasteiger partial charge on any atom is 0.237 e. The maximum atomic E-state index is 12.3. The van der Waals surface area contributed by atoms with Gasteiger partial charge in [0.2, 0.25) is 5.91 Å². The lowest BCUT2D eigenvalue weighted by atomic mass is 10.1. The summed E-state index contributed by atoms with van der Waals surface area (Å²) in [5.74, 6) is 0.887. The summed E-state index contributed by atoms with van der Waals surface area (Å²) >= 11 is 5.90. The average molecular weight is 323 g/mol. The van der Waals surface area contributed by atoms with Gasteiger partial charge in [-0.2, -0.15) is 0 Å². The van der Waals surface area contributed by atoms with Crippen molar-refractivity contribution in [1.29, 1.82) is 0 Å². The molecule has 22 heavy (non-hydrogen) atoms. The molecule has 1 aliphatic heterocycles. The van der Waals surface area contributed by atoms with Gasteiger partial charge in [0.05, 0.1) is 12.1 Å². The van der Waals surface area contributed by atoms with Crippen LogP contribution in [0.3, 0.4) is 0 Å². The Morgan fingerprint density at radius 2 is 2.05 bits per heavy atom. The first-order valence-corrected chi connectivity index (χ1v) is 8.37. The number of carbonyl (C=O) groups is 1. The van der Waals surface area contributed by atoms with E-state index in [-0.39, 0.29) is 18.1 Å². The first-order valence-electron chi connectivity index (χ1n) is 7.99. The number of rotatable bonds is 6. The molecule has 0 aromatic heterocycles. The number of nitrogens with one attached hydrogen (secondary N) is 2. The predicted octanol–water partition coefficient (Wildman–Crippen LogP) is 2.67. The Morgan fingerprint density at radius 3 is 2.68 bits per heavy atom. The van der Waals surface area contributed by atoms with Crippen LogP contribution in [0.4, 0.5) is 0 Å². The molecule has 3 atom stereocenters. The minimum atomic E-state index is -0.151. The molecule has 1 saturated heterocycles. The molecule has 4 nitrogen and oxygen atoms in total. The van der Waals surface area contributed by atoms with Crippen LogP contribution in [0.15, 0.2) is 24.3 Å². The molecule has 0 spiro atoms. The number of hydrogen-bond donors (Lipinski definition) is 2. The van der Waals surface area contributed by atoms with Crippen LogP contribution in [0.1, 0.15) is 37.4 Å². The van der Waals surface area contributed by atoms with Crippen LogP contribution >= 0.6 is 11.6 Å². The molecule has 1 aromatic carbocycles. The fourth-order valence-electron chi connectivity index (χ4n) is 3.18. The number of carbonyl (C=O) groups excluding carboxylic acids is 1. The third-order valence-corrected chi connectivity index (χ3v) is 4.93. The van der Waals surface area contributed by atoms with E-state index in [1.165, 1.54) is 12.8 Å². The van der Waals surface area contributed by atoms with Gasteiger partial charge in [-0.15, -0.1) is 0 Å². The topological polar surface area (TPSA) is 50.4 Å². The summed E-state index contributed by atoms with van der Waals surface area (Å²) in [4.78, 5) is 12.3. The van der Waals surface area contributed by atoms with Crippen molar-refractivity contribution in [2.75, 3.05) is 13.7 Å². The van der Waals surface area contributed by atoms with Crippen molar-refractivity contribution in [3.8, 4) is 0 Å². The van der Waals surface area contributed by atoms with Gasteiger partial charge in [0.25, 0.3) is 0 Å². The van der Waals surface area contributed by atoms with Crippen LogP contribution in [-0.2, 0) is 9.53 Å². The van der Waals surface area contributed by atoms with E-state index in [0.29, 0.717) is 17.6 Å². The Balaban J connectivity index is 1.49. The van der Waals surface area contributed by atoms with Crippen molar-refractivity contribution in [2.45, 2.75) is 43.9 Å². The monoisotopic (exact) mass is 322 g/mol. The van der Waals surface area contributed by atoms with Crippen molar-refractivity contribution < 1.29 is 9.53 Å². The van der Waals surface area contributed by atoms with Gasteiger partial charge in [-0.25, -0.2) is 0 Å². The van der Waals surface area contributed by atoms with Gasteiger partial charge >= 0.3 is 0 Å². The standard InChI is InChI=1S/C17H23ClN2O2/c1-22-16(12-4-6-13(18)7-5-12)10-19-17(21)15-9-8-14(20-15)11-2-3-11/h4-7,11,14-16,20H,2-3,8-10H2,1H3,(H,19,21). The lowest BCUT2D eigenvalue weighted by molar-refractivity contribution is -0.123. The SMILES string of the molecule is COC(CNC(=O)C1CCC(C2CC2)N1)c1ccc(Cl)cc1. The van der Waals surface area contributed by atoms with Gasteiger partial charge in [-0.05, 0) is 49.3 Å². The minimum absolute atomic E-state index is 0.0478. The quantitative estimate of drug-likeness (QED) is 0.846. The fourth-order valence-corrected chi connectivity index (χ4v) is 3.31. The summed E-state index contributed by atoms with van der Waals surface area (Å²) in [7, 11) is 1.66. The van der Waals surface area contributed by atoms with Crippen molar-refractivity contribution in [3.63, 3.8) is 0 Å². The molecular formula is C17H23ClN2O2. The molecule has 3 rings (SSSR count). The zero-order valence-electron chi connectivity index (χ0n) is 12.8. The molecule has 2 aliphatic rings. The number of halogens is 1. The average Bonchev–Trinajstić information content (AvgIpc) is 3.26. The van der Waals surface area contributed by atoms with Crippen molar-refractivity contribution >= 4 is 17.5 Å². The molecule has 2 N–H and O–H groups in total. The normalized spacial score (nSPS) is 25.9. The summed E-state index contributed by atoms with van der Waals surface area (Å²) in [6.07, 6.45) is 4.53. The largest absolute Gasteiger partial charge is 0.375 e. The van der Waals surface area contributed by atoms with Crippen molar-refractivity contribution in [3.05, 3.63) is 34.9 Å². The molecule has 0 radical (unpaired) electrons. The molecule has 1 amide bonds. The first-order chi connectivity index (χ1) is 10.7. The van der Waals surface area contributed by atoms with E-state index in [9.17, 15) is 4.79 Å². The molecule has 0 bridgehead atoms. The van der Waals surface area contributed by atoms with Gasteiger partial charge in [0.15, 0.2) is 0 Å². The second-order valence-electron chi connectivity index (χ2n) is 6.26. The van der Waals surface area contributed by atoms with E-state index in [1.807, 2.05) is 24.3 Å². The summed E-state index contributed by atoms with van der Waals surface area (Å²) in [5, 5.41) is 7.18. The number of methoxy groups -OCH3 is 1. The molecular weight excluding hydrogens is 300 g/mol. The first kappa shape index (κ1) is 15.8. The van der Waals surface area contributed by atoms with Crippen LogP contribution < -0.4 is 10.6 Å². The molecule has 2 fully saturated rings.